The molecule has 0 heterocycles. The van der Waals surface area contributed by atoms with Crippen LogP contribution in [0.4, 0.5) is 14.5 Å². The molecule has 5 nitrogen and oxygen atoms in total. The average molecular weight is 299 g/mol. The van der Waals surface area contributed by atoms with Crippen LogP contribution in [0.5, 0.6) is 0 Å². The number of rotatable bonds is 6. The SMILES string of the molecule is CC(C)NC(=O)CN(C)CC(=O)Nc1ccc(F)c(F)c1. The van der Waals surface area contributed by atoms with Crippen LogP contribution < -0.4 is 10.6 Å². The van der Waals surface area contributed by atoms with Crippen LogP contribution in [0.2, 0.25) is 0 Å². The van der Waals surface area contributed by atoms with E-state index in [1.165, 1.54) is 11.0 Å². The number of nitrogens with zero attached hydrogens (tertiary/aromatic N) is 1. The molecule has 0 spiro atoms. The van der Waals surface area contributed by atoms with E-state index in [9.17, 15) is 18.4 Å². The zero-order chi connectivity index (χ0) is 16.0. The summed E-state index contributed by atoms with van der Waals surface area (Å²) < 4.78 is 25.7. The van der Waals surface area contributed by atoms with Gasteiger partial charge in [-0.15, -0.1) is 0 Å². The van der Waals surface area contributed by atoms with E-state index in [0.717, 1.165) is 12.1 Å². The monoisotopic (exact) mass is 299 g/mol. The summed E-state index contributed by atoms with van der Waals surface area (Å²) >= 11 is 0. The number of likely N-dealkylation sites (N-methyl/N-ethyl adjacent to an activating group) is 1. The largest absolute Gasteiger partial charge is 0.353 e. The number of amides is 2. The van der Waals surface area contributed by atoms with Crippen molar-refractivity contribution in [3.63, 3.8) is 0 Å². The molecule has 116 valence electrons. The minimum absolute atomic E-state index is 0.0296. The minimum atomic E-state index is -1.03. The van der Waals surface area contributed by atoms with Crippen molar-refractivity contribution in [1.82, 2.24) is 10.2 Å². The first-order chi connectivity index (χ1) is 9.77. The van der Waals surface area contributed by atoms with Gasteiger partial charge in [0.2, 0.25) is 11.8 Å². The van der Waals surface area contributed by atoms with Crippen LogP contribution in [-0.2, 0) is 9.59 Å². The van der Waals surface area contributed by atoms with E-state index in [1.807, 2.05) is 13.8 Å². The fraction of sp³-hybridized carbons (Fsp3) is 0.429. The van der Waals surface area contributed by atoms with E-state index in [1.54, 1.807) is 7.05 Å². The number of hydrogen-bond donors (Lipinski definition) is 2. The summed E-state index contributed by atoms with van der Waals surface area (Å²) in [5, 5.41) is 5.14. The average Bonchev–Trinajstić information content (AvgIpc) is 2.32. The van der Waals surface area contributed by atoms with Crippen LogP contribution in [0.25, 0.3) is 0 Å². The molecule has 2 amide bonds. The van der Waals surface area contributed by atoms with Gasteiger partial charge in [-0.1, -0.05) is 0 Å². The molecule has 0 fully saturated rings. The molecule has 7 heteroatoms. The standard InChI is InChI=1S/C14H19F2N3O2/c1-9(2)17-13(20)7-19(3)8-14(21)18-10-4-5-11(15)12(16)6-10/h4-6,9H,7-8H2,1-3H3,(H,17,20)(H,18,21). The molecule has 0 aliphatic rings. The summed E-state index contributed by atoms with van der Waals surface area (Å²) in [6, 6.07) is 3.13. The molecule has 0 radical (unpaired) electrons. The van der Waals surface area contributed by atoms with Crippen molar-refractivity contribution in [2.45, 2.75) is 19.9 Å². The molecule has 1 rings (SSSR count). The Hall–Kier alpha value is -2.02. The molecule has 0 atom stereocenters. The highest BCUT2D eigenvalue weighted by atomic mass is 19.2. The molecule has 21 heavy (non-hydrogen) atoms. The van der Waals surface area contributed by atoms with E-state index < -0.39 is 17.5 Å². The molecular formula is C14H19F2N3O2. The van der Waals surface area contributed by atoms with Crippen LogP contribution in [-0.4, -0.2) is 42.9 Å². The third kappa shape index (κ3) is 6.31. The van der Waals surface area contributed by atoms with Crippen molar-refractivity contribution in [1.29, 1.82) is 0 Å². The number of hydrogen-bond acceptors (Lipinski definition) is 3. The molecule has 0 saturated carbocycles. The molecular weight excluding hydrogens is 280 g/mol. The fourth-order valence-corrected chi connectivity index (χ4v) is 1.69. The van der Waals surface area contributed by atoms with Gasteiger partial charge in [-0.05, 0) is 33.0 Å². The molecule has 1 aromatic rings. The maximum atomic E-state index is 13.0. The predicted octanol–water partition coefficient (Wildman–Crippen LogP) is 1.36. The van der Waals surface area contributed by atoms with E-state index in [-0.39, 0.29) is 30.7 Å². The third-order valence-electron chi connectivity index (χ3n) is 2.48. The number of benzene rings is 1. The highest BCUT2D eigenvalue weighted by molar-refractivity contribution is 5.92. The van der Waals surface area contributed by atoms with Crippen LogP contribution in [0, 0.1) is 11.6 Å². The smallest absolute Gasteiger partial charge is 0.238 e. The number of carbonyl (C=O) groups is 2. The van der Waals surface area contributed by atoms with E-state index in [2.05, 4.69) is 10.6 Å². The summed E-state index contributed by atoms with van der Waals surface area (Å²) in [7, 11) is 1.62. The fourth-order valence-electron chi connectivity index (χ4n) is 1.69. The highest BCUT2D eigenvalue weighted by Crippen LogP contribution is 2.12. The normalized spacial score (nSPS) is 10.8. The lowest BCUT2D eigenvalue weighted by Crippen LogP contribution is -2.41. The first-order valence-corrected chi connectivity index (χ1v) is 6.50. The lowest BCUT2D eigenvalue weighted by molar-refractivity contribution is -0.123. The van der Waals surface area contributed by atoms with Crippen molar-refractivity contribution in [2.75, 3.05) is 25.5 Å². The number of carbonyl (C=O) groups excluding carboxylic acids is 2. The number of anilines is 1. The maximum Gasteiger partial charge on any atom is 0.238 e. The van der Waals surface area contributed by atoms with Crippen molar-refractivity contribution >= 4 is 17.5 Å². The quantitative estimate of drug-likeness (QED) is 0.834. The van der Waals surface area contributed by atoms with Gasteiger partial charge in [0.15, 0.2) is 11.6 Å². The van der Waals surface area contributed by atoms with Crippen molar-refractivity contribution in [3.05, 3.63) is 29.8 Å². The molecule has 0 saturated heterocycles. The van der Waals surface area contributed by atoms with E-state index >= 15 is 0 Å². The van der Waals surface area contributed by atoms with Gasteiger partial charge in [-0.25, -0.2) is 8.78 Å². The summed E-state index contributed by atoms with van der Waals surface area (Å²) in [5.74, 6) is -2.61. The predicted molar refractivity (Wildman–Crippen MR) is 75.8 cm³/mol. The second kappa shape index (κ2) is 7.68. The Kier molecular flexibility index (Phi) is 6.23. The molecule has 2 N–H and O–H groups in total. The number of nitrogens with one attached hydrogen (secondary N) is 2. The molecule has 0 bridgehead atoms. The summed E-state index contributed by atoms with van der Waals surface area (Å²) in [4.78, 5) is 24.8. The molecule has 1 aromatic carbocycles. The van der Waals surface area contributed by atoms with Crippen LogP contribution in [0.1, 0.15) is 13.8 Å². The first-order valence-electron chi connectivity index (χ1n) is 6.50. The van der Waals surface area contributed by atoms with E-state index in [4.69, 9.17) is 0 Å². The van der Waals surface area contributed by atoms with Gasteiger partial charge in [0.05, 0.1) is 13.1 Å². The van der Waals surface area contributed by atoms with Gasteiger partial charge in [-0.2, -0.15) is 0 Å². The maximum absolute atomic E-state index is 13.0. The Morgan fingerprint density at radius 3 is 2.33 bits per heavy atom. The first kappa shape index (κ1) is 17.0. The van der Waals surface area contributed by atoms with Gasteiger partial charge in [0, 0.05) is 17.8 Å². The zero-order valence-electron chi connectivity index (χ0n) is 12.2. The lowest BCUT2D eigenvalue weighted by atomic mass is 10.3. The highest BCUT2D eigenvalue weighted by Gasteiger charge is 2.12. The Labute approximate surface area is 122 Å². The zero-order valence-corrected chi connectivity index (χ0v) is 12.2. The number of halogens is 2. The van der Waals surface area contributed by atoms with Gasteiger partial charge in [0.1, 0.15) is 0 Å². The molecule has 0 aliphatic carbocycles. The van der Waals surface area contributed by atoms with E-state index in [0.29, 0.717) is 0 Å². The van der Waals surface area contributed by atoms with Crippen LogP contribution >= 0.6 is 0 Å². The second-order valence-electron chi connectivity index (χ2n) is 5.07. The summed E-state index contributed by atoms with van der Waals surface area (Å²) in [6.07, 6.45) is 0. The topological polar surface area (TPSA) is 61.4 Å². The Bertz CT molecular complexity index is 521. The minimum Gasteiger partial charge on any atom is -0.353 e. The van der Waals surface area contributed by atoms with Crippen LogP contribution in [0.15, 0.2) is 18.2 Å². The van der Waals surface area contributed by atoms with Crippen molar-refractivity contribution in [3.8, 4) is 0 Å². The Balaban J connectivity index is 2.45. The van der Waals surface area contributed by atoms with Gasteiger partial charge in [0.25, 0.3) is 0 Å². The van der Waals surface area contributed by atoms with Gasteiger partial charge < -0.3 is 10.6 Å². The summed E-state index contributed by atoms with van der Waals surface area (Å²) in [5.41, 5.74) is 0.166. The second-order valence-corrected chi connectivity index (χ2v) is 5.07. The van der Waals surface area contributed by atoms with Crippen molar-refractivity contribution < 1.29 is 18.4 Å². The summed E-state index contributed by atoms with van der Waals surface area (Å²) in [6.45, 7) is 3.72. The molecule has 0 unspecified atom stereocenters. The Morgan fingerprint density at radius 2 is 1.76 bits per heavy atom. The Morgan fingerprint density at radius 1 is 1.14 bits per heavy atom. The third-order valence-corrected chi connectivity index (χ3v) is 2.48. The van der Waals surface area contributed by atoms with Gasteiger partial charge in [-0.3, -0.25) is 14.5 Å². The lowest BCUT2D eigenvalue weighted by Gasteiger charge is -2.17. The molecule has 0 aromatic heterocycles. The van der Waals surface area contributed by atoms with Gasteiger partial charge >= 0.3 is 0 Å². The van der Waals surface area contributed by atoms with Crippen LogP contribution in [0.3, 0.4) is 0 Å². The van der Waals surface area contributed by atoms with Crippen molar-refractivity contribution in [2.24, 2.45) is 0 Å². The molecule has 0 aliphatic heterocycles.